The largest absolute Gasteiger partial charge is 0.477 e. The predicted molar refractivity (Wildman–Crippen MR) is 138 cm³/mol. The maximum absolute atomic E-state index is 11.1. The number of carbonyl (C=O) groups is 1. The molecule has 5 rings (SSSR count). The third-order valence-electron chi connectivity index (χ3n) is 5.64. The van der Waals surface area contributed by atoms with Crippen LogP contribution in [0, 0.1) is 11.3 Å². The molecule has 0 aliphatic heterocycles. The van der Waals surface area contributed by atoms with E-state index in [2.05, 4.69) is 41.3 Å². The molecule has 0 aliphatic carbocycles. The van der Waals surface area contributed by atoms with E-state index in [0.29, 0.717) is 16.9 Å². The number of anilines is 3. The number of fused-ring (bicyclic) bond motifs is 1. The van der Waals surface area contributed by atoms with Crippen molar-refractivity contribution in [3.63, 3.8) is 0 Å². The fourth-order valence-corrected chi connectivity index (χ4v) is 3.96. The summed E-state index contributed by atoms with van der Waals surface area (Å²) < 4.78 is 6.07. The fourth-order valence-electron chi connectivity index (χ4n) is 3.96. The van der Waals surface area contributed by atoms with Gasteiger partial charge in [0, 0.05) is 28.0 Å². The summed E-state index contributed by atoms with van der Waals surface area (Å²) in [6.07, 6.45) is 1.33. The normalized spacial score (nSPS) is 11.2. The Morgan fingerprint density at radius 3 is 1.97 bits per heavy atom. The summed E-state index contributed by atoms with van der Waals surface area (Å²) in [4.78, 5) is 13.3. The predicted octanol–water partition coefficient (Wildman–Crippen LogP) is 7.56. The highest BCUT2D eigenvalue weighted by Gasteiger charge is 2.13. The highest BCUT2D eigenvalue weighted by molar-refractivity contribution is 5.97. The van der Waals surface area contributed by atoms with E-state index in [1.807, 2.05) is 60.7 Å². The van der Waals surface area contributed by atoms with Crippen LogP contribution in [0.5, 0.6) is 0 Å². The third kappa shape index (κ3) is 4.54. The summed E-state index contributed by atoms with van der Waals surface area (Å²) in [7, 11) is 0. The topological polar surface area (TPSA) is 77.5 Å². The molecule has 0 fully saturated rings. The third-order valence-corrected chi connectivity index (χ3v) is 5.64. The van der Waals surface area contributed by atoms with Crippen LogP contribution in [0.4, 0.5) is 17.1 Å². The first-order chi connectivity index (χ1) is 17.1. The standard InChI is InChI=1S/C30H20N2O3/c31-20-24(30(33)34)17-21-11-12-23-19-29(35-28(23)18-21)22-13-15-27(16-14-22)32(25-7-3-1-4-8-25)26-9-5-2-6-10-26/h1-19H,(H,33,34)/b24-17+. The van der Waals surface area contributed by atoms with Crippen molar-refractivity contribution < 1.29 is 14.3 Å². The maximum Gasteiger partial charge on any atom is 0.346 e. The molecular formula is C30H20N2O3. The Hall–Kier alpha value is -5.08. The lowest BCUT2D eigenvalue weighted by molar-refractivity contribution is -0.132. The first kappa shape index (κ1) is 21.7. The van der Waals surface area contributed by atoms with Crippen LogP contribution in [0.3, 0.4) is 0 Å². The number of nitrogens with zero attached hydrogens (tertiary/aromatic N) is 2. The van der Waals surface area contributed by atoms with Crippen molar-refractivity contribution in [1.29, 1.82) is 5.26 Å². The Balaban J connectivity index is 1.48. The molecule has 1 aromatic heterocycles. The number of hydrogen-bond donors (Lipinski definition) is 1. The van der Waals surface area contributed by atoms with Gasteiger partial charge in [-0.05, 0) is 72.3 Å². The van der Waals surface area contributed by atoms with Crippen LogP contribution in [0.25, 0.3) is 28.4 Å². The van der Waals surface area contributed by atoms with Gasteiger partial charge in [0.2, 0.25) is 0 Å². The minimum atomic E-state index is -1.26. The number of carboxylic acid groups (broad SMARTS) is 1. The number of hydrogen-bond acceptors (Lipinski definition) is 4. The van der Waals surface area contributed by atoms with Gasteiger partial charge in [0.1, 0.15) is 23.0 Å². The number of para-hydroxylation sites is 2. The molecule has 0 unspecified atom stereocenters. The van der Waals surface area contributed by atoms with Crippen LogP contribution in [0.1, 0.15) is 5.56 Å². The minimum absolute atomic E-state index is 0.326. The molecule has 0 spiro atoms. The van der Waals surface area contributed by atoms with Crippen molar-refractivity contribution in [3.05, 3.63) is 120 Å². The van der Waals surface area contributed by atoms with Crippen LogP contribution >= 0.6 is 0 Å². The summed E-state index contributed by atoms with van der Waals surface area (Å²) in [5.74, 6) is -0.551. The Labute approximate surface area is 202 Å². The minimum Gasteiger partial charge on any atom is -0.477 e. The number of carboxylic acids is 1. The lowest BCUT2D eigenvalue weighted by Crippen LogP contribution is -2.09. The Morgan fingerprint density at radius 1 is 0.800 bits per heavy atom. The van der Waals surface area contributed by atoms with Gasteiger partial charge in [-0.25, -0.2) is 4.79 Å². The van der Waals surface area contributed by atoms with Gasteiger partial charge in [-0.3, -0.25) is 0 Å². The molecule has 5 nitrogen and oxygen atoms in total. The molecule has 0 radical (unpaired) electrons. The van der Waals surface area contributed by atoms with Gasteiger partial charge in [0.05, 0.1) is 0 Å². The van der Waals surface area contributed by atoms with Gasteiger partial charge in [-0.15, -0.1) is 0 Å². The molecule has 0 bridgehead atoms. The lowest BCUT2D eigenvalue weighted by atomic mass is 10.1. The Morgan fingerprint density at radius 2 is 1.40 bits per heavy atom. The molecule has 0 atom stereocenters. The van der Waals surface area contributed by atoms with E-state index >= 15 is 0 Å². The van der Waals surface area contributed by atoms with Crippen molar-refractivity contribution in [2.45, 2.75) is 0 Å². The summed E-state index contributed by atoms with van der Waals surface area (Å²) in [6.45, 7) is 0. The van der Waals surface area contributed by atoms with Gasteiger partial charge >= 0.3 is 5.97 Å². The first-order valence-electron chi connectivity index (χ1n) is 11.0. The maximum atomic E-state index is 11.1. The van der Waals surface area contributed by atoms with E-state index < -0.39 is 5.97 Å². The van der Waals surface area contributed by atoms with Gasteiger partial charge in [0.25, 0.3) is 0 Å². The lowest BCUT2D eigenvalue weighted by Gasteiger charge is -2.25. The van der Waals surface area contributed by atoms with Crippen molar-refractivity contribution in [1.82, 2.24) is 0 Å². The molecule has 35 heavy (non-hydrogen) atoms. The van der Waals surface area contributed by atoms with Crippen molar-refractivity contribution in [3.8, 4) is 17.4 Å². The number of benzene rings is 4. The van der Waals surface area contributed by atoms with E-state index in [4.69, 9.17) is 14.8 Å². The van der Waals surface area contributed by atoms with E-state index in [0.717, 1.165) is 28.0 Å². The van der Waals surface area contributed by atoms with Crippen molar-refractivity contribution >= 4 is 40.1 Å². The highest BCUT2D eigenvalue weighted by atomic mass is 16.4. The number of nitriles is 1. The summed E-state index contributed by atoms with van der Waals surface area (Å²) >= 11 is 0. The molecule has 168 valence electrons. The molecule has 0 saturated heterocycles. The van der Waals surface area contributed by atoms with Gasteiger partial charge in [-0.2, -0.15) is 5.26 Å². The quantitative estimate of drug-likeness (QED) is 0.211. The van der Waals surface area contributed by atoms with E-state index in [-0.39, 0.29) is 5.57 Å². The van der Waals surface area contributed by atoms with Crippen LogP contribution in [0.15, 0.2) is 119 Å². The summed E-state index contributed by atoms with van der Waals surface area (Å²) in [5.41, 5.74) is 4.96. The fraction of sp³-hybridized carbons (Fsp3) is 0. The zero-order valence-corrected chi connectivity index (χ0v) is 18.6. The second-order valence-corrected chi connectivity index (χ2v) is 7.94. The van der Waals surface area contributed by atoms with E-state index in [1.54, 1.807) is 18.2 Å². The molecule has 1 heterocycles. The zero-order chi connectivity index (χ0) is 24.2. The highest BCUT2D eigenvalue weighted by Crippen LogP contribution is 2.36. The van der Waals surface area contributed by atoms with Gasteiger partial charge < -0.3 is 14.4 Å². The average molecular weight is 457 g/mol. The SMILES string of the molecule is N#C/C(=C\c1ccc2cc(-c3ccc(N(c4ccccc4)c4ccccc4)cc3)oc2c1)C(=O)O. The average Bonchev–Trinajstić information content (AvgIpc) is 3.32. The van der Waals surface area contributed by atoms with Crippen LogP contribution < -0.4 is 4.90 Å². The van der Waals surface area contributed by atoms with Crippen LogP contribution in [-0.2, 0) is 4.79 Å². The van der Waals surface area contributed by atoms with Crippen LogP contribution in [-0.4, -0.2) is 11.1 Å². The van der Waals surface area contributed by atoms with Crippen molar-refractivity contribution in [2.75, 3.05) is 4.90 Å². The molecule has 1 N–H and O–H groups in total. The van der Waals surface area contributed by atoms with Gasteiger partial charge in [-0.1, -0.05) is 48.5 Å². The summed E-state index contributed by atoms with van der Waals surface area (Å²) in [5, 5.41) is 19.0. The smallest absolute Gasteiger partial charge is 0.346 e. The van der Waals surface area contributed by atoms with Crippen LogP contribution in [0.2, 0.25) is 0 Å². The molecule has 5 heteroatoms. The second-order valence-electron chi connectivity index (χ2n) is 7.94. The Kier molecular flexibility index (Phi) is 5.85. The monoisotopic (exact) mass is 456 g/mol. The molecule has 4 aromatic carbocycles. The van der Waals surface area contributed by atoms with E-state index in [9.17, 15) is 4.79 Å². The number of furan rings is 1. The zero-order valence-electron chi connectivity index (χ0n) is 18.6. The molecule has 5 aromatic rings. The molecular weight excluding hydrogens is 436 g/mol. The molecule has 0 saturated carbocycles. The van der Waals surface area contributed by atoms with E-state index in [1.165, 1.54) is 6.08 Å². The van der Waals surface area contributed by atoms with Crippen molar-refractivity contribution in [2.24, 2.45) is 0 Å². The molecule has 0 aliphatic rings. The number of rotatable bonds is 6. The Bertz CT molecular complexity index is 1520. The second kappa shape index (κ2) is 9.42. The van der Waals surface area contributed by atoms with Gasteiger partial charge in [0.15, 0.2) is 0 Å². The summed E-state index contributed by atoms with van der Waals surface area (Å²) in [6, 6.07) is 37.6. The first-order valence-corrected chi connectivity index (χ1v) is 11.0. The molecule has 0 amide bonds. The number of aliphatic carboxylic acids is 1.